The van der Waals surface area contributed by atoms with Crippen molar-refractivity contribution in [3.8, 4) is 11.5 Å². The number of carbonyl (C=O) groups excluding carboxylic acids is 2. The summed E-state index contributed by atoms with van der Waals surface area (Å²) in [6, 6.07) is 13.6. The van der Waals surface area contributed by atoms with Crippen molar-refractivity contribution in [1.29, 1.82) is 0 Å². The van der Waals surface area contributed by atoms with Crippen molar-refractivity contribution in [2.45, 2.75) is 38.1 Å². The van der Waals surface area contributed by atoms with E-state index in [4.69, 9.17) is 9.47 Å². The van der Waals surface area contributed by atoms with Gasteiger partial charge in [0, 0.05) is 6.04 Å². The molecule has 0 heterocycles. The first kappa shape index (κ1) is 27.0. The molecular formula is C25H32N4O6S. The van der Waals surface area contributed by atoms with Crippen LogP contribution in [0.3, 0.4) is 0 Å². The number of amides is 2. The van der Waals surface area contributed by atoms with Crippen LogP contribution in [-0.2, 0) is 19.6 Å². The SMILES string of the molecule is COc1ccccc1N(CC(=O)N/N=C\c1ccc(OCC(=O)NC2CCCCC2)cc1)S(C)(=O)=O. The number of nitrogens with one attached hydrogen (secondary N) is 2. The Bertz CT molecular complexity index is 1160. The maximum Gasteiger partial charge on any atom is 0.260 e. The number of sulfonamides is 1. The third-order valence-corrected chi connectivity index (χ3v) is 6.79. The lowest BCUT2D eigenvalue weighted by atomic mass is 9.95. The van der Waals surface area contributed by atoms with Crippen molar-refractivity contribution in [3.05, 3.63) is 54.1 Å². The van der Waals surface area contributed by atoms with Gasteiger partial charge in [-0.1, -0.05) is 31.4 Å². The molecule has 1 aliphatic carbocycles. The van der Waals surface area contributed by atoms with Crippen molar-refractivity contribution in [3.63, 3.8) is 0 Å². The lowest BCUT2D eigenvalue weighted by molar-refractivity contribution is -0.124. The van der Waals surface area contributed by atoms with Gasteiger partial charge in [-0.15, -0.1) is 0 Å². The van der Waals surface area contributed by atoms with E-state index in [1.54, 1.807) is 48.5 Å². The standard InChI is InChI=1S/C25H32N4O6S/c1-34-23-11-7-6-10-22(23)29(36(2,32)33)17-24(30)28-26-16-19-12-14-21(15-13-19)35-18-25(31)27-20-8-4-3-5-9-20/h6-7,10-16,20H,3-5,8-9,17-18H2,1-2H3,(H,27,31)(H,28,30)/b26-16-. The first-order valence-electron chi connectivity index (χ1n) is 11.7. The molecule has 3 rings (SSSR count). The Kier molecular flexibility index (Phi) is 9.69. The van der Waals surface area contributed by atoms with Gasteiger partial charge in [0.1, 0.15) is 18.0 Å². The summed E-state index contributed by atoms with van der Waals surface area (Å²) in [5.74, 6) is 0.113. The predicted molar refractivity (Wildman–Crippen MR) is 138 cm³/mol. The van der Waals surface area contributed by atoms with Crippen molar-refractivity contribution in [2.75, 3.05) is 30.8 Å². The number of hydrogen-bond donors (Lipinski definition) is 2. The highest BCUT2D eigenvalue weighted by atomic mass is 32.2. The predicted octanol–water partition coefficient (Wildman–Crippen LogP) is 2.44. The molecule has 1 saturated carbocycles. The summed E-state index contributed by atoms with van der Waals surface area (Å²) >= 11 is 0. The maximum absolute atomic E-state index is 12.4. The van der Waals surface area contributed by atoms with Gasteiger partial charge in [-0.3, -0.25) is 13.9 Å². The third kappa shape index (κ3) is 8.26. The zero-order chi connectivity index (χ0) is 26.0. The minimum absolute atomic E-state index is 0.0525. The molecule has 0 saturated heterocycles. The van der Waals surface area contributed by atoms with Crippen LogP contribution in [0.15, 0.2) is 53.6 Å². The van der Waals surface area contributed by atoms with Crippen LogP contribution in [0.2, 0.25) is 0 Å². The minimum atomic E-state index is -3.75. The van der Waals surface area contributed by atoms with Crippen LogP contribution in [0.4, 0.5) is 5.69 Å². The Morgan fingerprint density at radius 2 is 1.75 bits per heavy atom. The first-order valence-corrected chi connectivity index (χ1v) is 13.6. The fraction of sp³-hybridized carbons (Fsp3) is 0.400. The molecule has 194 valence electrons. The Hall–Kier alpha value is -3.60. The fourth-order valence-corrected chi connectivity index (χ4v) is 4.74. The summed E-state index contributed by atoms with van der Waals surface area (Å²) in [4.78, 5) is 24.5. The van der Waals surface area contributed by atoms with Crippen molar-refractivity contribution >= 4 is 33.7 Å². The average Bonchev–Trinajstić information content (AvgIpc) is 2.87. The summed E-state index contributed by atoms with van der Waals surface area (Å²) < 4.78 is 36.3. The second kappa shape index (κ2) is 12.9. The Labute approximate surface area is 211 Å². The molecule has 2 aromatic carbocycles. The molecule has 2 aromatic rings. The topological polar surface area (TPSA) is 126 Å². The third-order valence-electron chi connectivity index (χ3n) is 5.66. The zero-order valence-corrected chi connectivity index (χ0v) is 21.3. The summed E-state index contributed by atoms with van der Waals surface area (Å²) in [5, 5.41) is 6.90. The van der Waals surface area contributed by atoms with E-state index in [1.807, 2.05) is 0 Å². The molecule has 0 bridgehead atoms. The van der Waals surface area contributed by atoms with Gasteiger partial charge in [0.05, 0.1) is 25.3 Å². The van der Waals surface area contributed by atoms with E-state index in [2.05, 4.69) is 15.8 Å². The Morgan fingerprint density at radius 3 is 2.42 bits per heavy atom. The van der Waals surface area contributed by atoms with Crippen LogP contribution in [0, 0.1) is 0 Å². The van der Waals surface area contributed by atoms with Crippen molar-refractivity contribution < 1.29 is 27.5 Å². The molecule has 2 amide bonds. The van der Waals surface area contributed by atoms with E-state index in [9.17, 15) is 18.0 Å². The van der Waals surface area contributed by atoms with E-state index in [-0.39, 0.29) is 24.2 Å². The number of anilines is 1. The van der Waals surface area contributed by atoms with E-state index in [0.717, 1.165) is 36.2 Å². The molecule has 1 aliphatic rings. The second-order valence-corrected chi connectivity index (χ2v) is 10.4. The normalized spacial score (nSPS) is 14.3. The molecule has 11 heteroatoms. The molecule has 0 aliphatic heterocycles. The highest BCUT2D eigenvalue weighted by Crippen LogP contribution is 2.29. The number of hydrazone groups is 1. The number of carbonyl (C=O) groups is 2. The van der Waals surface area contributed by atoms with Crippen molar-refractivity contribution in [2.24, 2.45) is 5.10 Å². The van der Waals surface area contributed by atoms with Gasteiger partial charge in [0.2, 0.25) is 10.0 Å². The number of nitrogens with zero attached hydrogens (tertiary/aromatic N) is 2. The van der Waals surface area contributed by atoms with E-state index >= 15 is 0 Å². The number of benzene rings is 2. The summed E-state index contributed by atoms with van der Waals surface area (Å²) in [6.07, 6.45) is 7.99. The van der Waals surface area contributed by atoms with Crippen LogP contribution in [0.5, 0.6) is 11.5 Å². The largest absolute Gasteiger partial charge is 0.495 e. The summed E-state index contributed by atoms with van der Waals surface area (Å²) in [5.41, 5.74) is 3.27. The van der Waals surface area contributed by atoms with Crippen LogP contribution < -0.4 is 24.5 Å². The lowest BCUT2D eigenvalue weighted by Crippen LogP contribution is -2.39. The molecule has 0 radical (unpaired) electrons. The molecule has 0 atom stereocenters. The molecule has 2 N–H and O–H groups in total. The number of para-hydroxylation sites is 2. The summed E-state index contributed by atoms with van der Waals surface area (Å²) in [7, 11) is -2.33. The molecule has 1 fully saturated rings. The van der Waals surface area contributed by atoms with E-state index in [0.29, 0.717) is 17.1 Å². The fourth-order valence-electron chi connectivity index (χ4n) is 3.88. The molecule has 0 spiro atoms. The highest BCUT2D eigenvalue weighted by molar-refractivity contribution is 7.92. The number of ether oxygens (including phenoxy) is 2. The highest BCUT2D eigenvalue weighted by Gasteiger charge is 2.23. The van der Waals surface area contributed by atoms with Gasteiger partial charge in [-0.25, -0.2) is 13.8 Å². The van der Waals surface area contributed by atoms with Gasteiger partial charge in [0.15, 0.2) is 6.61 Å². The Morgan fingerprint density at radius 1 is 1.06 bits per heavy atom. The first-order chi connectivity index (χ1) is 17.3. The molecule has 10 nitrogen and oxygen atoms in total. The van der Waals surface area contributed by atoms with Gasteiger partial charge < -0.3 is 14.8 Å². The van der Waals surface area contributed by atoms with Crippen molar-refractivity contribution in [1.82, 2.24) is 10.7 Å². The minimum Gasteiger partial charge on any atom is -0.495 e. The van der Waals surface area contributed by atoms with Gasteiger partial charge in [-0.2, -0.15) is 5.10 Å². The monoisotopic (exact) mass is 516 g/mol. The van der Waals surface area contributed by atoms with Crippen LogP contribution >= 0.6 is 0 Å². The van der Waals surface area contributed by atoms with Crippen LogP contribution in [0.25, 0.3) is 0 Å². The van der Waals surface area contributed by atoms with E-state index < -0.39 is 22.5 Å². The summed E-state index contributed by atoms with van der Waals surface area (Å²) in [6.45, 7) is -0.519. The quantitative estimate of drug-likeness (QED) is 0.349. The number of methoxy groups -OCH3 is 1. The van der Waals surface area contributed by atoms with Gasteiger partial charge >= 0.3 is 0 Å². The number of rotatable bonds is 11. The average molecular weight is 517 g/mol. The number of hydrogen-bond acceptors (Lipinski definition) is 7. The van der Waals surface area contributed by atoms with E-state index in [1.165, 1.54) is 19.7 Å². The van der Waals surface area contributed by atoms with Crippen LogP contribution in [0.1, 0.15) is 37.7 Å². The molecule has 0 unspecified atom stereocenters. The second-order valence-electron chi connectivity index (χ2n) is 8.49. The lowest BCUT2D eigenvalue weighted by Gasteiger charge is -2.23. The maximum atomic E-state index is 12.4. The Balaban J connectivity index is 1.49. The van der Waals surface area contributed by atoms with Gasteiger partial charge in [-0.05, 0) is 54.8 Å². The molecule has 0 aromatic heterocycles. The zero-order valence-electron chi connectivity index (χ0n) is 20.5. The molecule has 36 heavy (non-hydrogen) atoms. The van der Waals surface area contributed by atoms with Crippen LogP contribution in [-0.4, -0.2) is 59.0 Å². The van der Waals surface area contributed by atoms with Gasteiger partial charge in [0.25, 0.3) is 11.8 Å². The molecular weight excluding hydrogens is 484 g/mol. The smallest absolute Gasteiger partial charge is 0.260 e.